The number of carbonyl (C=O) groups excluding carboxylic acids is 3. The molecule has 2 fully saturated rings. The van der Waals surface area contributed by atoms with Crippen molar-refractivity contribution in [2.24, 2.45) is 0 Å². The summed E-state index contributed by atoms with van der Waals surface area (Å²) in [6.45, 7) is 11.2. The van der Waals surface area contributed by atoms with Crippen molar-refractivity contribution in [3.8, 4) is 5.75 Å². The molecular weight excluding hydrogens is 498 g/mol. The van der Waals surface area contributed by atoms with Crippen LogP contribution in [0.15, 0.2) is 60.7 Å². The van der Waals surface area contributed by atoms with Gasteiger partial charge in [0, 0.05) is 43.9 Å². The molecule has 0 bridgehead atoms. The van der Waals surface area contributed by atoms with Crippen LogP contribution in [-0.4, -0.2) is 85.0 Å². The zero-order chi connectivity index (χ0) is 27.7. The Morgan fingerprint density at radius 2 is 1.87 bits per heavy atom. The minimum absolute atomic E-state index is 0.145. The van der Waals surface area contributed by atoms with Gasteiger partial charge in [0.25, 0.3) is 17.6 Å². The quantitative estimate of drug-likeness (QED) is 0.242. The van der Waals surface area contributed by atoms with Gasteiger partial charge in [0.2, 0.25) is 0 Å². The van der Waals surface area contributed by atoms with Crippen LogP contribution in [0.4, 0.5) is 5.69 Å². The fourth-order valence-corrected chi connectivity index (χ4v) is 5.80. The average Bonchev–Trinajstić information content (AvgIpc) is 3.33. The molecule has 1 spiro atoms. The van der Waals surface area contributed by atoms with Gasteiger partial charge in [-0.2, -0.15) is 0 Å². The molecule has 1 atom stereocenters. The van der Waals surface area contributed by atoms with Crippen LogP contribution in [0, 0.1) is 6.92 Å². The molecule has 2 aromatic carbocycles. The van der Waals surface area contributed by atoms with Crippen LogP contribution < -0.4 is 9.64 Å². The highest BCUT2D eigenvalue weighted by molar-refractivity contribution is 6.50. The van der Waals surface area contributed by atoms with Gasteiger partial charge in [-0.05, 0) is 43.7 Å². The minimum Gasteiger partial charge on any atom is -0.507 e. The summed E-state index contributed by atoms with van der Waals surface area (Å²) in [6.07, 6.45) is 1.63. The van der Waals surface area contributed by atoms with Gasteiger partial charge in [-0.15, -0.1) is 0 Å². The Hall–Kier alpha value is -3.95. The molecule has 2 amide bonds. The molecule has 0 aliphatic carbocycles. The molecule has 2 aromatic rings. The molecule has 0 radical (unpaired) electrons. The Bertz CT molecular complexity index is 1360. The molecule has 3 aliphatic heterocycles. The van der Waals surface area contributed by atoms with Crippen molar-refractivity contribution in [2.75, 3.05) is 57.4 Å². The maximum atomic E-state index is 14.3. The molecule has 1 N–H and O–H groups in total. The number of para-hydroxylation sites is 1. The van der Waals surface area contributed by atoms with E-state index in [1.54, 1.807) is 41.3 Å². The predicted molar refractivity (Wildman–Crippen MR) is 147 cm³/mol. The smallest absolute Gasteiger partial charge is 0.296 e. The van der Waals surface area contributed by atoms with Gasteiger partial charge in [0.15, 0.2) is 5.54 Å². The van der Waals surface area contributed by atoms with Gasteiger partial charge in [-0.1, -0.05) is 30.9 Å². The number of aryl methyl sites for hydroxylation is 1. The van der Waals surface area contributed by atoms with Gasteiger partial charge in [-0.25, -0.2) is 0 Å². The van der Waals surface area contributed by atoms with Gasteiger partial charge < -0.3 is 24.4 Å². The molecule has 0 aromatic heterocycles. The molecular formula is C30H33N3O6. The van der Waals surface area contributed by atoms with E-state index < -0.39 is 23.1 Å². The second-order valence-electron chi connectivity index (χ2n) is 9.82. The van der Waals surface area contributed by atoms with Crippen molar-refractivity contribution >= 4 is 29.0 Å². The lowest BCUT2D eigenvalue weighted by molar-refractivity contribution is -0.144. The number of Topliss-reactive ketones (excluding diaryl/α,β-unsaturated/α-hetero) is 1. The molecule has 0 saturated carbocycles. The number of nitrogens with zero attached hydrogens (tertiary/aromatic N) is 3. The highest BCUT2D eigenvalue weighted by Crippen LogP contribution is 2.53. The number of ether oxygens (including phenoxy) is 2. The number of aliphatic hydroxyl groups is 1. The number of hydrogen-bond acceptors (Lipinski definition) is 7. The van der Waals surface area contributed by atoms with E-state index in [1.165, 1.54) is 4.90 Å². The van der Waals surface area contributed by atoms with Crippen molar-refractivity contribution in [3.63, 3.8) is 0 Å². The van der Waals surface area contributed by atoms with Crippen LogP contribution in [0.1, 0.15) is 23.6 Å². The summed E-state index contributed by atoms with van der Waals surface area (Å²) in [6, 6.07) is 12.2. The van der Waals surface area contributed by atoms with Crippen molar-refractivity contribution in [1.82, 2.24) is 9.80 Å². The zero-order valence-corrected chi connectivity index (χ0v) is 22.3. The van der Waals surface area contributed by atoms with Crippen molar-refractivity contribution in [1.29, 1.82) is 0 Å². The third kappa shape index (κ3) is 4.22. The lowest BCUT2D eigenvalue weighted by Gasteiger charge is -2.36. The third-order valence-corrected chi connectivity index (χ3v) is 7.67. The van der Waals surface area contributed by atoms with Crippen LogP contribution in [0.5, 0.6) is 5.75 Å². The normalized spacial score (nSPS) is 22.6. The Balaban J connectivity index is 1.67. The highest BCUT2D eigenvalue weighted by atomic mass is 16.5. The summed E-state index contributed by atoms with van der Waals surface area (Å²) in [7, 11) is 0. The number of fused-ring (bicyclic) bond motifs is 2. The number of likely N-dealkylation sites (N-methyl/N-ethyl adjacent to an activating group) is 1. The first-order chi connectivity index (χ1) is 18.9. The molecule has 3 aliphatic rings. The largest absolute Gasteiger partial charge is 0.507 e. The molecule has 9 nitrogen and oxygen atoms in total. The molecule has 39 heavy (non-hydrogen) atoms. The molecule has 5 rings (SSSR count). The number of hydrogen-bond donors (Lipinski definition) is 1. The number of morpholine rings is 1. The zero-order valence-electron chi connectivity index (χ0n) is 22.3. The Kier molecular flexibility index (Phi) is 7.29. The van der Waals surface area contributed by atoms with E-state index in [9.17, 15) is 19.5 Å². The highest BCUT2D eigenvalue weighted by Gasteiger charge is 2.66. The summed E-state index contributed by atoms with van der Waals surface area (Å²) in [5.74, 6) is -1.88. The van der Waals surface area contributed by atoms with Gasteiger partial charge in [0.05, 0.1) is 24.5 Å². The van der Waals surface area contributed by atoms with Gasteiger partial charge >= 0.3 is 0 Å². The first-order valence-electron chi connectivity index (χ1n) is 13.2. The number of amides is 2. The number of ketones is 1. The summed E-state index contributed by atoms with van der Waals surface area (Å²) < 4.78 is 11.1. The van der Waals surface area contributed by atoms with Crippen LogP contribution in [-0.2, 0) is 24.7 Å². The number of anilines is 1. The summed E-state index contributed by atoms with van der Waals surface area (Å²) in [4.78, 5) is 46.8. The number of likely N-dealkylation sites (tertiary alicyclic amines) is 1. The SMILES string of the molecule is C=CCOc1ccc(C(O)=C2C(=O)C(=O)N(CCN3CCOCC3)[C@]23C(=O)N(CC)c2ccccc23)cc1C. The molecule has 2 saturated heterocycles. The van der Waals surface area contributed by atoms with Crippen LogP contribution in [0.2, 0.25) is 0 Å². The van der Waals surface area contributed by atoms with E-state index in [0.717, 1.165) is 5.56 Å². The third-order valence-electron chi connectivity index (χ3n) is 7.67. The van der Waals surface area contributed by atoms with Crippen LogP contribution in [0.25, 0.3) is 5.76 Å². The van der Waals surface area contributed by atoms with E-state index in [2.05, 4.69) is 11.5 Å². The second kappa shape index (κ2) is 10.7. The van der Waals surface area contributed by atoms with Crippen molar-refractivity contribution in [3.05, 3.63) is 77.4 Å². The van der Waals surface area contributed by atoms with E-state index in [-0.39, 0.29) is 17.9 Å². The van der Waals surface area contributed by atoms with Crippen LogP contribution in [0.3, 0.4) is 0 Å². The average molecular weight is 532 g/mol. The van der Waals surface area contributed by atoms with Crippen LogP contribution >= 0.6 is 0 Å². The molecule has 9 heteroatoms. The molecule has 3 heterocycles. The summed E-state index contributed by atoms with van der Waals surface area (Å²) >= 11 is 0. The van der Waals surface area contributed by atoms with E-state index in [0.29, 0.717) is 68.6 Å². The fraction of sp³-hybridized carbons (Fsp3) is 0.367. The monoisotopic (exact) mass is 531 g/mol. The lowest BCUT2D eigenvalue weighted by Crippen LogP contribution is -2.54. The number of aliphatic hydroxyl groups excluding tert-OH is 1. The first-order valence-corrected chi connectivity index (χ1v) is 13.2. The van der Waals surface area contributed by atoms with E-state index >= 15 is 0 Å². The maximum Gasteiger partial charge on any atom is 0.296 e. The Morgan fingerprint density at radius 1 is 1.13 bits per heavy atom. The fourth-order valence-electron chi connectivity index (χ4n) is 5.80. The second-order valence-corrected chi connectivity index (χ2v) is 9.82. The van der Waals surface area contributed by atoms with Gasteiger partial charge in [0.1, 0.15) is 18.1 Å². The summed E-state index contributed by atoms with van der Waals surface area (Å²) in [5.41, 5.74) is 0.222. The topological polar surface area (TPSA) is 99.6 Å². The lowest BCUT2D eigenvalue weighted by atomic mass is 9.81. The van der Waals surface area contributed by atoms with E-state index in [1.807, 2.05) is 26.0 Å². The van der Waals surface area contributed by atoms with Crippen molar-refractivity contribution < 1.29 is 29.0 Å². The molecule has 0 unspecified atom stereocenters. The predicted octanol–water partition coefficient (Wildman–Crippen LogP) is 2.83. The first kappa shape index (κ1) is 26.6. The molecule has 204 valence electrons. The van der Waals surface area contributed by atoms with Gasteiger partial charge in [-0.3, -0.25) is 19.3 Å². The summed E-state index contributed by atoms with van der Waals surface area (Å²) in [5, 5.41) is 11.7. The number of benzene rings is 2. The Labute approximate surface area is 227 Å². The van der Waals surface area contributed by atoms with E-state index in [4.69, 9.17) is 9.47 Å². The van der Waals surface area contributed by atoms with Crippen molar-refractivity contribution in [2.45, 2.75) is 19.4 Å². The standard InChI is InChI=1S/C30H33N3O6/c1-4-16-39-24-11-10-21(19-20(24)3)26(34)25-27(35)28(36)33(13-12-31-14-17-38-18-15-31)30(25)22-8-6-7-9-23(22)32(5-2)29(30)37/h4,6-11,19,34H,1,5,12-18H2,2-3H3/t30-/m0/s1. The Morgan fingerprint density at radius 3 is 2.56 bits per heavy atom. The maximum absolute atomic E-state index is 14.3. The minimum atomic E-state index is -1.76. The number of rotatable bonds is 8. The number of carbonyl (C=O) groups is 3.